The van der Waals surface area contributed by atoms with E-state index < -0.39 is 10.9 Å². The summed E-state index contributed by atoms with van der Waals surface area (Å²) in [6.07, 6.45) is 0. The van der Waals surface area contributed by atoms with Crippen molar-refractivity contribution < 1.29 is 14.8 Å². The molecule has 1 rings (SSSR count). The van der Waals surface area contributed by atoms with E-state index >= 15 is 0 Å². The van der Waals surface area contributed by atoms with E-state index in [1.165, 1.54) is 12.1 Å². The van der Waals surface area contributed by atoms with Crippen LogP contribution in [0.4, 0.5) is 5.69 Å². The fourth-order valence-corrected chi connectivity index (χ4v) is 2.66. The SMILES string of the molecule is CCN(CC)C(C)c1c([N+](=O)[O-])ccc(C(=O)O)c1Cl. The van der Waals surface area contributed by atoms with Crippen molar-refractivity contribution in [2.24, 2.45) is 0 Å². The number of halogens is 1. The molecule has 0 amide bonds. The number of carbonyl (C=O) groups is 1. The predicted octanol–water partition coefficient (Wildman–Crippen LogP) is 3.35. The van der Waals surface area contributed by atoms with Gasteiger partial charge in [-0.3, -0.25) is 15.0 Å². The smallest absolute Gasteiger partial charge is 0.337 e. The number of hydrogen-bond acceptors (Lipinski definition) is 4. The minimum absolute atomic E-state index is 0.0638. The highest BCUT2D eigenvalue weighted by Crippen LogP contribution is 2.37. The van der Waals surface area contributed by atoms with E-state index in [4.69, 9.17) is 16.7 Å². The highest BCUT2D eigenvalue weighted by molar-refractivity contribution is 6.34. The van der Waals surface area contributed by atoms with Gasteiger partial charge in [-0.1, -0.05) is 25.4 Å². The van der Waals surface area contributed by atoms with Crippen LogP contribution in [0.2, 0.25) is 5.02 Å². The molecule has 0 saturated carbocycles. The zero-order valence-electron chi connectivity index (χ0n) is 11.6. The maximum Gasteiger partial charge on any atom is 0.337 e. The zero-order valence-corrected chi connectivity index (χ0v) is 12.3. The summed E-state index contributed by atoms with van der Waals surface area (Å²) in [4.78, 5) is 23.7. The van der Waals surface area contributed by atoms with Gasteiger partial charge >= 0.3 is 5.97 Å². The Bertz CT molecular complexity index is 529. The van der Waals surface area contributed by atoms with Gasteiger partial charge in [0.2, 0.25) is 0 Å². The number of nitro benzene ring substituents is 1. The normalized spacial score (nSPS) is 12.4. The number of hydrogen-bond donors (Lipinski definition) is 1. The molecule has 0 spiro atoms. The van der Waals surface area contributed by atoms with E-state index in [0.717, 1.165) is 0 Å². The Kier molecular flexibility index (Phi) is 5.47. The standard InChI is InChI=1S/C13H17ClN2O4/c1-4-15(5-2)8(3)11-10(16(19)20)7-6-9(12(11)14)13(17)18/h6-8H,4-5H2,1-3H3,(H,17,18). The summed E-state index contributed by atoms with van der Waals surface area (Å²) in [6, 6.07) is 2.03. The molecule has 7 heteroatoms. The summed E-state index contributed by atoms with van der Waals surface area (Å²) in [5.41, 5.74) is -0.0223. The highest BCUT2D eigenvalue weighted by Gasteiger charge is 2.28. The molecule has 0 heterocycles. The Labute approximate surface area is 122 Å². The minimum atomic E-state index is -1.20. The Balaban J connectivity index is 3.50. The molecule has 110 valence electrons. The summed E-state index contributed by atoms with van der Waals surface area (Å²) in [6.45, 7) is 7.01. The average Bonchev–Trinajstić information content (AvgIpc) is 2.38. The first-order valence-electron chi connectivity index (χ1n) is 6.29. The van der Waals surface area contributed by atoms with Gasteiger partial charge < -0.3 is 5.11 Å². The third-order valence-corrected chi connectivity index (χ3v) is 3.77. The van der Waals surface area contributed by atoms with E-state index in [0.29, 0.717) is 13.1 Å². The van der Waals surface area contributed by atoms with Crippen molar-refractivity contribution in [2.45, 2.75) is 26.8 Å². The third-order valence-electron chi connectivity index (χ3n) is 3.36. The van der Waals surface area contributed by atoms with Crippen LogP contribution in [0, 0.1) is 10.1 Å². The molecule has 0 aliphatic carbocycles. The van der Waals surface area contributed by atoms with Crippen LogP contribution in [0.25, 0.3) is 0 Å². The van der Waals surface area contributed by atoms with Gasteiger partial charge in [0, 0.05) is 12.1 Å². The fourth-order valence-electron chi connectivity index (χ4n) is 2.26. The molecular formula is C13H17ClN2O4. The second-order valence-electron chi connectivity index (χ2n) is 4.32. The fraction of sp³-hybridized carbons (Fsp3) is 0.462. The molecule has 0 saturated heterocycles. The lowest BCUT2D eigenvalue weighted by Crippen LogP contribution is -2.27. The molecule has 1 aromatic rings. The number of carboxylic acids is 1. The maximum absolute atomic E-state index is 11.1. The lowest BCUT2D eigenvalue weighted by atomic mass is 10.0. The monoisotopic (exact) mass is 300 g/mol. The molecule has 6 nitrogen and oxygen atoms in total. The van der Waals surface area contributed by atoms with Crippen molar-refractivity contribution in [1.82, 2.24) is 4.90 Å². The summed E-state index contributed by atoms with van der Waals surface area (Å²) in [5.74, 6) is -1.20. The van der Waals surface area contributed by atoms with Crippen molar-refractivity contribution in [3.63, 3.8) is 0 Å². The van der Waals surface area contributed by atoms with Gasteiger partial charge in [-0.25, -0.2) is 4.79 Å². The molecule has 20 heavy (non-hydrogen) atoms. The first-order chi connectivity index (χ1) is 9.34. The van der Waals surface area contributed by atoms with Crippen molar-refractivity contribution in [3.8, 4) is 0 Å². The Morgan fingerprint density at radius 1 is 1.45 bits per heavy atom. The first-order valence-corrected chi connectivity index (χ1v) is 6.67. The molecule has 1 N–H and O–H groups in total. The summed E-state index contributed by atoms with van der Waals surface area (Å²) in [5, 5.41) is 20.2. The van der Waals surface area contributed by atoms with Gasteiger partial charge in [0.25, 0.3) is 5.69 Å². The van der Waals surface area contributed by atoms with Crippen LogP contribution < -0.4 is 0 Å². The summed E-state index contributed by atoms with van der Waals surface area (Å²) >= 11 is 6.09. The topological polar surface area (TPSA) is 83.7 Å². The van der Waals surface area contributed by atoms with Gasteiger partial charge in [-0.15, -0.1) is 0 Å². The van der Waals surface area contributed by atoms with E-state index in [-0.39, 0.29) is 27.9 Å². The van der Waals surface area contributed by atoms with Crippen LogP contribution in [0.15, 0.2) is 12.1 Å². The molecule has 1 unspecified atom stereocenters. The molecule has 0 aliphatic rings. The lowest BCUT2D eigenvalue weighted by molar-refractivity contribution is -0.385. The van der Waals surface area contributed by atoms with Crippen molar-refractivity contribution in [2.75, 3.05) is 13.1 Å². The largest absolute Gasteiger partial charge is 0.478 e. The molecule has 1 aromatic carbocycles. The van der Waals surface area contributed by atoms with Crippen molar-refractivity contribution in [1.29, 1.82) is 0 Å². The van der Waals surface area contributed by atoms with Crippen molar-refractivity contribution in [3.05, 3.63) is 38.4 Å². The highest BCUT2D eigenvalue weighted by atomic mass is 35.5. The second kappa shape index (κ2) is 6.67. The minimum Gasteiger partial charge on any atom is -0.478 e. The van der Waals surface area contributed by atoms with Gasteiger partial charge in [0.05, 0.1) is 21.1 Å². The van der Waals surface area contributed by atoms with E-state index in [2.05, 4.69) is 0 Å². The number of carboxylic acid groups (broad SMARTS) is 1. The third kappa shape index (κ3) is 3.08. The Morgan fingerprint density at radius 2 is 2.00 bits per heavy atom. The molecule has 0 aliphatic heterocycles. The molecule has 0 radical (unpaired) electrons. The molecule has 0 bridgehead atoms. The molecule has 0 aromatic heterocycles. The lowest BCUT2D eigenvalue weighted by Gasteiger charge is -2.27. The number of aromatic carboxylic acids is 1. The summed E-state index contributed by atoms with van der Waals surface area (Å²) in [7, 11) is 0. The average molecular weight is 301 g/mol. The maximum atomic E-state index is 11.1. The first kappa shape index (κ1) is 16.4. The number of nitro groups is 1. The quantitative estimate of drug-likeness (QED) is 0.643. The number of benzene rings is 1. The van der Waals surface area contributed by atoms with Gasteiger partial charge in [-0.2, -0.15) is 0 Å². The number of nitrogens with zero attached hydrogens (tertiary/aromatic N) is 2. The molecule has 1 atom stereocenters. The van der Waals surface area contributed by atoms with Crippen molar-refractivity contribution >= 4 is 23.3 Å². The number of rotatable bonds is 6. The predicted molar refractivity (Wildman–Crippen MR) is 76.4 cm³/mol. The van der Waals surface area contributed by atoms with Crippen LogP contribution >= 0.6 is 11.6 Å². The van der Waals surface area contributed by atoms with Crippen LogP contribution in [0.1, 0.15) is 42.7 Å². The van der Waals surface area contributed by atoms with E-state index in [1.54, 1.807) is 6.92 Å². The van der Waals surface area contributed by atoms with Gasteiger partial charge in [-0.05, 0) is 26.1 Å². The zero-order chi connectivity index (χ0) is 15.4. The van der Waals surface area contributed by atoms with Gasteiger partial charge in [0.1, 0.15) is 0 Å². The van der Waals surface area contributed by atoms with E-state index in [1.807, 2.05) is 18.7 Å². The molecular weight excluding hydrogens is 284 g/mol. The molecule has 0 fully saturated rings. The van der Waals surface area contributed by atoms with Crippen LogP contribution in [-0.2, 0) is 0 Å². The van der Waals surface area contributed by atoms with Crippen LogP contribution in [0.5, 0.6) is 0 Å². The second-order valence-corrected chi connectivity index (χ2v) is 4.70. The summed E-state index contributed by atoms with van der Waals surface area (Å²) < 4.78 is 0. The Hall–Kier alpha value is -1.66. The Morgan fingerprint density at radius 3 is 2.40 bits per heavy atom. The van der Waals surface area contributed by atoms with Crippen LogP contribution in [0.3, 0.4) is 0 Å². The van der Waals surface area contributed by atoms with Gasteiger partial charge in [0.15, 0.2) is 0 Å². The van der Waals surface area contributed by atoms with E-state index in [9.17, 15) is 14.9 Å². The van der Waals surface area contributed by atoms with Crippen LogP contribution in [-0.4, -0.2) is 34.0 Å².